The molecule has 0 atom stereocenters. The van der Waals surface area contributed by atoms with E-state index in [2.05, 4.69) is 84.8 Å². The number of amides is 2. The molecule has 8 heteroatoms. The molecule has 0 aliphatic carbocycles. The molecule has 0 fully saturated rings. The zero-order chi connectivity index (χ0) is 29.6. The van der Waals surface area contributed by atoms with Gasteiger partial charge in [-0.1, -0.05) is 69.2 Å². The fourth-order valence-electron chi connectivity index (χ4n) is 5.60. The van der Waals surface area contributed by atoms with Crippen LogP contribution in [-0.4, -0.2) is 97.4 Å². The Morgan fingerprint density at radius 2 is 0.868 bits per heavy atom. The van der Waals surface area contributed by atoms with Gasteiger partial charge in [-0.3, -0.25) is 14.5 Å². The molecule has 0 bridgehead atoms. The number of hydrogen-bond acceptors (Lipinski definition) is 6. The van der Waals surface area contributed by atoms with Crippen molar-refractivity contribution < 1.29 is 19.8 Å². The Bertz CT molecular complexity index is 627. The Kier molecular flexibility index (Phi) is 16.2. The molecule has 0 aliphatic heterocycles. The number of rotatable bonds is 19. The van der Waals surface area contributed by atoms with Gasteiger partial charge in [0, 0.05) is 65.2 Å². The van der Waals surface area contributed by atoms with Crippen LogP contribution in [0.3, 0.4) is 0 Å². The molecule has 0 saturated heterocycles. The van der Waals surface area contributed by atoms with E-state index in [1.54, 1.807) is 0 Å². The van der Waals surface area contributed by atoms with Gasteiger partial charge in [-0.15, -0.1) is 0 Å². The van der Waals surface area contributed by atoms with Crippen molar-refractivity contribution in [2.75, 3.05) is 65.6 Å². The highest BCUT2D eigenvalue weighted by atomic mass is 16.3. The van der Waals surface area contributed by atoms with Crippen LogP contribution < -0.4 is 10.6 Å². The number of nitrogens with one attached hydrogen (secondary N) is 2. The van der Waals surface area contributed by atoms with Crippen molar-refractivity contribution in [2.24, 2.45) is 21.7 Å². The maximum absolute atomic E-state index is 12.7. The summed E-state index contributed by atoms with van der Waals surface area (Å²) in [4.78, 5) is 29.5. The van der Waals surface area contributed by atoms with Crippen LogP contribution in [0.15, 0.2) is 0 Å². The molecule has 0 aliphatic rings. The second-order valence-electron chi connectivity index (χ2n) is 15.0. The van der Waals surface area contributed by atoms with Crippen molar-refractivity contribution in [1.82, 2.24) is 20.4 Å². The molecule has 0 aromatic carbocycles. The van der Waals surface area contributed by atoms with E-state index < -0.39 is 0 Å². The zero-order valence-electron chi connectivity index (χ0n) is 26.5. The molecule has 0 radical (unpaired) electrons. The minimum atomic E-state index is 0.0154. The Balaban J connectivity index is 4.95. The van der Waals surface area contributed by atoms with Crippen molar-refractivity contribution in [3.63, 3.8) is 0 Å². The number of aliphatic hydroxyl groups excluding tert-OH is 2. The minimum absolute atomic E-state index is 0.0154. The van der Waals surface area contributed by atoms with Crippen molar-refractivity contribution in [2.45, 2.75) is 94.9 Å². The minimum Gasteiger partial charge on any atom is -0.395 e. The van der Waals surface area contributed by atoms with Crippen molar-refractivity contribution >= 4 is 11.8 Å². The monoisotopic (exact) mass is 542 g/mol. The second kappa shape index (κ2) is 16.8. The smallest absolute Gasteiger partial charge is 0.221 e. The van der Waals surface area contributed by atoms with Crippen LogP contribution in [0.5, 0.6) is 0 Å². The van der Waals surface area contributed by atoms with E-state index in [4.69, 9.17) is 0 Å². The fraction of sp³-hybridized carbons (Fsp3) is 0.933. The zero-order valence-corrected chi connectivity index (χ0v) is 26.5. The predicted octanol–water partition coefficient (Wildman–Crippen LogP) is 3.51. The van der Waals surface area contributed by atoms with E-state index in [9.17, 15) is 19.8 Å². The van der Waals surface area contributed by atoms with Crippen LogP contribution in [0.2, 0.25) is 0 Å². The van der Waals surface area contributed by atoms with E-state index in [0.29, 0.717) is 65.2 Å². The first-order valence-electron chi connectivity index (χ1n) is 14.5. The number of carbonyl (C=O) groups excluding carboxylic acids is 2. The summed E-state index contributed by atoms with van der Waals surface area (Å²) in [5, 5.41) is 24.9. The maximum atomic E-state index is 12.7. The van der Waals surface area contributed by atoms with Gasteiger partial charge in [0.25, 0.3) is 0 Å². The lowest BCUT2D eigenvalue weighted by atomic mass is 9.76. The largest absolute Gasteiger partial charge is 0.395 e. The molecular weight excluding hydrogens is 480 g/mol. The highest BCUT2D eigenvalue weighted by Crippen LogP contribution is 2.33. The van der Waals surface area contributed by atoms with Crippen LogP contribution in [0.4, 0.5) is 0 Å². The van der Waals surface area contributed by atoms with Crippen LogP contribution in [0.25, 0.3) is 0 Å². The first kappa shape index (κ1) is 36.8. The Hall–Kier alpha value is -1.22. The third-order valence-electron chi connectivity index (χ3n) is 6.42. The van der Waals surface area contributed by atoms with E-state index >= 15 is 0 Å². The van der Waals surface area contributed by atoms with Crippen LogP contribution in [0.1, 0.15) is 94.9 Å². The summed E-state index contributed by atoms with van der Waals surface area (Å²) in [6.07, 6.45) is 2.76. The normalized spacial score (nSPS) is 13.3. The summed E-state index contributed by atoms with van der Waals surface area (Å²) in [5.41, 5.74) is 0.425. The highest BCUT2D eigenvalue weighted by Gasteiger charge is 2.27. The summed E-state index contributed by atoms with van der Waals surface area (Å²) >= 11 is 0. The average molecular weight is 543 g/mol. The molecule has 0 rings (SSSR count). The first-order chi connectivity index (χ1) is 17.3. The van der Waals surface area contributed by atoms with Gasteiger partial charge >= 0.3 is 0 Å². The maximum Gasteiger partial charge on any atom is 0.221 e. The number of nitrogens with zero attached hydrogens (tertiary/aromatic N) is 2. The number of aliphatic hydroxyl groups is 2. The lowest BCUT2D eigenvalue weighted by molar-refractivity contribution is -0.122. The van der Waals surface area contributed by atoms with Crippen LogP contribution in [0, 0.1) is 21.7 Å². The summed E-state index contributed by atoms with van der Waals surface area (Å²) in [5.74, 6) is 0.0425. The van der Waals surface area contributed by atoms with E-state index in [1.807, 2.05) is 4.90 Å². The van der Waals surface area contributed by atoms with Gasteiger partial charge in [0.2, 0.25) is 11.8 Å². The fourth-order valence-corrected chi connectivity index (χ4v) is 5.60. The topological polar surface area (TPSA) is 105 Å². The molecule has 0 aromatic rings. The molecule has 226 valence electrons. The molecule has 38 heavy (non-hydrogen) atoms. The van der Waals surface area contributed by atoms with Crippen molar-refractivity contribution in [1.29, 1.82) is 0 Å². The Morgan fingerprint density at radius 3 is 1.16 bits per heavy atom. The summed E-state index contributed by atoms with van der Waals surface area (Å²) in [7, 11) is 0. The summed E-state index contributed by atoms with van der Waals surface area (Å²) in [6.45, 7) is 26.8. The molecule has 0 heterocycles. The summed E-state index contributed by atoms with van der Waals surface area (Å²) in [6, 6.07) is 0. The predicted molar refractivity (Wildman–Crippen MR) is 158 cm³/mol. The van der Waals surface area contributed by atoms with Gasteiger partial charge in [0.05, 0.1) is 13.2 Å². The SMILES string of the molecule is CC(C)(C)CC(C)(C)CNC(=O)CCN(CCC(=O)NCC(C)(C)CC(C)(C)C)CCN(CCO)CCO. The Morgan fingerprint density at radius 1 is 0.553 bits per heavy atom. The lowest BCUT2D eigenvalue weighted by Gasteiger charge is -2.33. The molecule has 8 nitrogen and oxygen atoms in total. The van der Waals surface area contributed by atoms with Gasteiger partial charge in [-0.25, -0.2) is 0 Å². The van der Waals surface area contributed by atoms with E-state index in [0.717, 1.165) is 12.8 Å². The molecule has 4 N–H and O–H groups in total. The lowest BCUT2D eigenvalue weighted by Crippen LogP contribution is -2.42. The summed E-state index contributed by atoms with van der Waals surface area (Å²) < 4.78 is 0. The van der Waals surface area contributed by atoms with Crippen molar-refractivity contribution in [3.8, 4) is 0 Å². The van der Waals surface area contributed by atoms with Gasteiger partial charge in [-0.2, -0.15) is 0 Å². The average Bonchev–Trinajstić information content (AvgIpc) is 2.72. The molecule has 0 spiro atoms. The molecule has 2 amide bonds. The standard InChI is InChI=1S/C30H62N4O4/c1-27(2,3)21-29(7,8)23-31-25(37)11-13-33(15-16-34(17-19-35)18-20-36)14-12-26(38)32-24-30(9,10)22-28(4,5)6/h35-36H,11-24H2,1-10H3,(H,31,37)(H,32,38). The quantitative estimate of drug-likeness (QED) is 0.199. The third kappa shape index (κ3) is 20.7. The van der Waals surface area contributed by atoms with Gasteiger partial charge < -0.3 is 25.7 Å². The molecule has 0 unspecified atom stereocenters. The Labute approximate surface area is 234 Å². The van der Waals surface area contributed by atoms with Crippen molar-refractivity contribution in [3.05, 3.63) is 0 Å². The number of carbonyl (C=O) groups is 2. The second-order valence-corrected chi connectivity index (χ2v) is 15.0. The molecule has 0 aromatic heterocycles. The van der Waals surface area contributed by atoms with E-state index in [1.165, 1.54) is 0 Å². The van der Waals surface area contributed by atoms with Crippen LogP contribution >= 0.6 is 0 Å². The van der Waals surface area contributed by atoms with Gasteiger partial charge in [0.15, 0.2) is 0 Å². The molecule has 0 saturated carbocycles. The van der Waals surface area contributed by atoms with Gasteiger partial charge in [-0.05, 0) is 34.5 Å². The van der Waals surface area contributed by atoms with E-state index in [-0.39, 0.29) is 46.7 Å². The van der Waals surface area contributed by atoms with Gasteiger partial charge in [0.1, 0.15) is 0 Å². The highest BCUT2D eigenvalue weighted by molar-refractivity contribution is 5.76. The first-order valence-corrected chi connectivity index (χ1v) is 14.5. The third-order valence-corrected chi connectivity index (χ3v) is 6.42. The van der Waals surface area contributed by atoms with Crippen LogP contribution in [-0.2, 0) is 9.59 Å². The number of hydrogen-bond donors (Lipinski definition) is 4. The molecular formula is C30H62N4O4.